The van der Waals surface area contributed by atoms with Crippen LogP contribution in [0.4, 0.5) is 8.78 Å². The number of benzene rings is 1. The predicted molar refractivity (Wildman–Crippen MR) is 127 cm³/mol. The van der Waals surface area contributed by atoms with Gasteiger partial charge in [0.25, 0.3) is 0 Å². The van der Waals surface area contributed by atoms with Crippen molar-refractivity contribution in [2.75, 3.05) is 6.61 Å². The van der Waals surface area contributed by atoms with Crippen LogP contribution >= 0.6 is 0 Å². The van der Waals surface area contributed by atoms with Gasteiger partial charge < -0.3 is 4.74 Å². The molecule has 0 radical (unpaired) electrons. The van der Waals surface area contributed by atoms with Gasteiger partial charge in [-0.3, -0.25) is 9.20 Å². The molecular weight excluding hydrogens is 450 g/mol. The Kier molecular flexibility index (Phi) is 5.91. The Balaban J connectivity index is 1.54. The van der Waals surface area contributed by atoms with Crippen LogP contribution in [0, 0.1) is 11.8 Å². The summed E-state index contributed by atoms with van der Waals surface area (Å²) in [4.78, 5) is 12.3. The number of carbonyl (C=O) groups excluding carboxylic acids is 1. The summed E-state index contributed by atoms with van der Waals surface area (Å²) in [6, 6.07) is 11.4. The van der Waals surface area contributed by atoms with Crippen LogP contribution < -0.4 is 0 Å². The monoisotopic (exact) mass is 478 g/mol. The van der Waals surface area contributed by atoms with Crippen LogP contribution in [-0.4, -0.2) is 32.0 Å². The highest BCUT2D eigenvalue weighted by Crippen LogP contribution is 2.38. The minimum Gasteiger partial charge on any atom is -0.466 e. The molecule has 3 aromatic heterocycles. The van der Waals surface area contributed by atoms with Crippen molar-refractivity contribution in [3.63, 3.8) is 0 Å². The van der Waals surface area contributed by atoms with Gasteiger partial charge in [-0.05, 0) is 60.7 Å². The Morgan fingerprint density at radius 2 is 1.94 bits per heavy atom. The summed E-state index contributed by atoms with van der Waals surface area (Å²) < 4.78 is 37.3. The molecule has 182 valence electrons. The van der Waals surface area contributed by atoms with Gasteiger partial charge in [0.05, 0.1) is 36.5 Å². The minimum atomic E-state index is -0.459. The summed E-state index contributed by atoms with van der Waals surface area (Å²) in [5.74, 6) is -0.953. The van der Waals surface area contributed by atoms with E-state index in [1.807, 2.05) is 10.7 Å². The van der Waals surface area contributed by atoms with E-state index in [-0.39, 0.29) is 30.2 Å². The Morgan fingerprint density at radius 1 is 1.17 bits per heavy atom. The third kappa shape index (κ3) is 4.00. The summed E-state index contributed by atoms with van der Waals surface area (Å²) in [5, 5.41) is 8.62. The van der Waals surface area contributed by atoms with Gasteiger partial charge in [0, 0.05) is 17.5 Å². The molecule has 0 saturated carbocycles. The van der Waals surface area contributed by atoms with E-state index in [1.165, 1.54) is 18.2 Å². The first-order chi connectivity index (χ1) is 16.8. The highest BCUT2D eigenvalue weighted by molar-refractivity contribution is 5.78. The first-order valence-electron chi connectivity index (χ1n) is 11.9. The van der Waals surface area contributed by atoms with Crippen LogP contribution in [-0.2, 0) is 34.2 Å². The van der Waals surface area contributed by atoms with Crippen molar-refractivity contribution < 1.29 is 18.3 Å². The van der Waals surface area contributed by atoms with E-state index >= 15 is 4.39 Å². The summed E-state index contributed by atoms with van der Waals surface area (Å²) in [6.45, 7) is 6.21. The van der Waals surface area contributed by atoms with Crippen LogP contribution in [0.15, 0.2) is 48.7 Å². The number of fused-ring (bicyclic) bond motifs is 3. The van der Waals surface area contributed by atoms with Crippen LogP contribution in [0.2, 0.25) is 0 Å². The Bertz CT molecular complexity index is 1390. The highest BCUT2D eigenvalue weighted by atomic mass is 19.1. The number of carbonyl (C=O) groups is 1. The third-order valence-corrected chi connectivity index (χ3v) is 7.14. The average Bonchev–Trinajstić information content (AvgIpc) is 3.44. The molecule has 0 N–H and O–H groups in total. The van der Waals surface area contributed by atoms with E-state index in [9.17, 15) is 9.18 Å². The summed E-state index contributed by atoms with van der Waals surface area (Å²) in [6.07, 6.45) is 3.88. The highest BCUT2D eigenvalue weighted by Gasteiger charge is 2.34. The molecule has 35 heavy (non-hydrogen) atoms. The van der Waals surface area contributed by atoms with E-state index in [0.717, 1.165) is 34.5 Å². The largest absolute Gasteiger partial charge is 0.466 e. The van der Waals surface area contributed by atoms with Gasteiger partial charge in [0.15, 0.2) is 5.95 Å². The molecule has 1 aliphatic rings. The molecule has 6 nitrogen and oxygen atoms in total. The number of esters is 1. The van der Waals surface area contributed by atoms with Crippen LogP contribution in [0.25, 0.3) is 5.52 Å². The van der Waals surface area contributed by atoms with Gasteiger partial charge in [-0.2, -0.15) is 4.39 Å². The molecule has 1 aromatic carbocycles. The van der Waals surface area contributed by atoms with Crippen molar-refractivity contribution in [1.29, 1.82) is 0 Å². The van der Waals surface area contributed by atoms with Crippen molar-refractivity contribution in [2.24, 2.45) is 0 Å². The molecule has 0 fully saturated rings. The maximum atomic E-state index is 15.0. The van der Waals surface area contributed by atoms with E-state index in [4.69, 9.17) is 4.74 Å². The van der Waals surface area contributed by atoms with Gasteiger partial charge in [0.2, 0.25) is 0 Å². The zero-order valence-electron chi connectivity index (χ0n) is 20.1. The van der Waals surface area contributed by atoms with Gasteiger partial charge >= 0.3 is 5.97 Å². The van der Waals surface area contributed by atoms with Crippen molar-refractivity contribution in [3.05, 3.63) is 88.5 Å². The van der Waals surface area contributed by atoms with Crippen LogP contribution in [0.5, 0.6) is 0 Å². The molecule has 8 heteroatoms. The Hall–Kier alpha value is -3.55. The molecule has 3 heterocycles. The first kappa shape index (κ1) is 23.2. The Morgan fingerprint density at radius 3 is 2.69 bits per heavy atom. The number of nitrogens with zero attached hydrogens (tertiary/aromatic N) is 4. The standard InChI is InChI=1S/C27H28F2N4O2/c1-4-35-26(34)15-21-20-13-12-19(14-23(20)32-22(21)6-5-7-25(32)29)33-24(16-30-31-33)27(2,3)17-8-10-18(28)11-9-17/h5-11,16,19H,4,12-15H2,1-3H3. The normalized spacial score (nSPS) is 15.9. The lowest BCUT2D eigenvalue weighted by Crippen LogP contribution is -2.29. The molecule has 1 unspecified atom stereocenters. The van der Waals surface area contributed by atoms with Crippen molar-refractivity contribution in [1.82, 2.24) is 19.4 Å². The molecule has 0 aliphatic heterocycles. The van der Waals surface area contributed by atoms with E-state index in [0.29, 0.717) is 25.0 Å². The molecule has 0 spiro atoms. The lowest BCUT2D eigenvalue weighted by molar-refractivity contribution is -0.142. The number of hydrogen-bond acceptors (Lipinski definition) is 4. The topological polar surface area (TPSA) is 61.4 Å². The molecule has 0 amide bonds. The number of hydrogen-bond donors (Lipinski definition) is 0. The zero-order valence-corrected chi connectivity index (χ0v) is 20.1. The molecule has 0 bridgehead atoms. The SMILES string of the molecule is CCOC(=O)Cc1c2c(n3c(F)cccc13)CC(n1nncc1C(C)(C)c1ccc(F)cc1)CC2. The number of pyridine rings is 1. The average molecular weight is 479 g/mol. The van der Waals surface area contributed by atoms with Gasteiger partial charge in [-0.15, -0.1) is 5.10 Å². The lowest BCUT2D eigenvalue weighted by Gasteiger charge is -2.30. The second-order valence-corrected chi connectivity index (χ2v) is 9.55. The summed E-state index contributed by atoms with van der Waals surface area (Å²) in [5.41, 5.74) is 4.81. The fourth-order valence-electron chi connectivity index (χ4n) is 5.34. The number of aromatic nitrogens is 4. The molecule has 0 saturated heterocycles. The van der Waals surface area contributed by atoms with Gasteiger partial charge in [-0.25, -0.2) is 9.07 Å². The first-order valence-corrected chi connectivity index (χ1v) is 11.9. The maximum Gasteiger partial charge on any atom is 0.310 e. The van der Waals surface area contributed by atoms with E-state index in [1.54, 1.807) is 35.7 Å². The molecule has 5 rings (SSSR count). The number of ether oxygens (including phenoxy) is 1. The molecular formula is C27H28F2N4O2. The second-order valence-electron chi connectivity index (χ2n) is 9.55. The smallest absolute Gasteiger partial charge is 0.310 e. The fraction of sp³-hybridized carbons (Fsp3) is 0.370. The predicted octanol–water partition coefficient (Wildman–Crippen LogP) is 4.97. The fourth-order valence-corrected chi connectivity index (χ4v) is 5.34. The number of halogens is 2. The van der Waals surface area contributed by atoms with Gasteiger partial charge in [-0.1, -0.05) is 37.3 Å². The van der Waals surface area contributed by atoms with Crippen LogP contribution in [0.1, 0.15) is 61.3 Å². The van der Waals surface area contributed by atoms with E-state index in [2.05, 4.69) is 24.2 Å². The lowest BCUT2D eigenvalue weighted by atomic mass is 9.81. The van der Waals surface area contributed by atoms with E-state index < -0.39 is 5.41 Å². The molecule has 1 atom stereocenters. The molecule has 4 aromatic rings. The van der Waals surface area contributed by atoms with Crippen molar-refractivity contribution in [2.45, 2.75) is 57.9 Å². The quantitative estimate of drug-likeness (QED) is 0.290. The second kappa shape index (κ2) is 8.91. The van der Waals surface area contributed by atoms with Crippen molar-refractivity contribution in [3.8, 4) is 0 Å². The summed E-state index contributed by atoms with van der Waals surface area (Å²) in [7, 11) is 0. The van der Waals surface area contributed by atoms with Crippen LogP contribution in [0.3, 0.4) is 0 Å². The van der Waals surface area contributed by atoms with Gasteiger partial charge in [0.1, 0.15) is 5.82 Å². The Labute approximate surface area is 202 Å². The van der Waals surface area contributed by atoms with Crippen molar-refractivity contribution >= 4 is 11.5 Å². The zero-order chi connectivity index (χ0) is 24.7. The molecule has 1 aliphatic carbocycles. The third-order valence-electron chi connectivity index (χ3n) is 7.14. The maximum absolute atomic E-state index is 15.0. The summed E-state index contributed by atoms with van der Waals surface area (Å²) >= 11 is 0. The minimum absolute atomic E-state index is 0.0344. The number of rotatable bonds is 6.